The van der Waals surface area contributed by atoms with Gasteiger partial charge in [-0.05, 0) is 82.8 Å². The molecule has 0 radical (unpaired) electrons. The molecule has 29 heavy (non-hydrogen) atoms. The van der Waals surface area contributed by atoms with E-state index in [-0.39, 0.29) is 24.4 Å². The summed E-state index contributed by atoms with van der Waals surface area (Å²) in [5, 5.41) is 0. The number of nitrogens with two attached hydrogens (primary N) is 1. The van der Waals surface area contributed by atoms with E-state index < -0.39 is 0 Å². The summed E-state index contributed by atoms with van der Waals surface area (Å²) in [5.74, 6) is 0.129. The quantitative estimate of drug-likeness (QED) is 0.717. The minimum Gasteiger partial charge on any atom is -0.378 e. The molecule has 2 N–H and O–H groups in total. The number of rotatable bonds is 6. The molecule has 2 heterocycles. The Morgan fingerprint density at radius 3 is 2.28 bits per heavy atom. The number of hydrogen-bond donors (Lipinski definition) is 1. The zero-order valence-electron chi connectivity index (χ0n) is 18.0. The van der Waals surface area contributed by atoms with Crippen LogP contribution in [0.2, 0.25) is 0 Å². The predicted octanol–water partition coefficient (Wildman–Crippen LogP) is 4.10. The van der Waals surface area contributed by atoms with Gasteiger partial charge in [0.15, 0.2) is 0 Å². The number of aryl methyl sites for hydroxylation is 3. The van der Waals surface area contributed by atoms with Gasteiger partial charge in [0.2, 0.25) is 0 Å². The smallest absolute Gasteiger partial charge is 0.255 e. The number of nitrogens with zero attached hydrogens (tertiary/aromatic N) is 2. The first-order chi connectivity index (χ1) is 13.4. The van der Waals surface area contributed by atoms with Crippen LogP contribution in [-0.4, -0.2) is 47.7 Å². The molecular weight excluding hydrogens is 386 g/mol. The minimum atomic E-state index is 0. The van der Waals surface area contributed by atoms with Crippen molar-refractivity contribution in [2.75, 3.05) is 26.2 Å². The lowest BCUT2D eigenvalue weighted by molar-refractivity contribution is 0.00843. The number of benzene rings is 1. The average molecular weight is 420 g/mol. The third kappa shape index (κ3) is 5.41. The van der Waals surface area contributed by atoms with Gasteiger partial charge in [-0.15, -0.1) is 12.4 Å². The van der Waals surface area contributed by atoms with Gasteiger partial charge >= 0.3 is 0 Å². The minimum absolute atomic E-state index is 0. The van der Waals surface area contributed by atoms with E-state index >= 15 is 0 Å². The second kappa shape index (κ2) is 10.3. The number of likely N-dealkylation sites (tertiary alicyclic amines) is 1. The van der Waals surface area contributed by atoms with E-state index in [1.54, 1.807) is 0 Å². The van der Waals surface area contributed by atoms with Crippen LogP contribution in [0.4, 0.5) is 0 Å². The lowest BCUT2D eigenvalue weighted by Crippen LogP contribution is -2.41. The van der Waals surface area contributed by atoms with Crippen LogP contribution in [0.5, 0.6) is 0 Å². The maximum Gasteiger partial charge on any atom is 0.255 e. The molecule has 1 aliphatic heterocycles. The van der Waals surface area contributed by atoms with Crippen LogP contribution < -0.4 is 5.73 Å². The Kier molecular flexibility index (Phi) is 8.32. The van der Waals surface area contributed by atoms with E-state index in [1.807, 2.05) is 17.9 Å². The van der Waals surface area contributed by atoms with Crippen LogP contribution in [0, 0.1) is 27.7 Å². The number of aromatic nitrogens is 1. The van der Waals surface area contributed by atoms with Crippen molar-refractivity contribution in [1.82, 2.24) is 9.47 Å². The molecule has 0 unspecified atom stereocenters. The second-order valence-electron chi connectivity index (χ2n) is 7.97. The number of carbonyl (C=O) groups excluding carboxylic acids is 1. The van der Waals surface area contributed by atoms with Crippen molar-refractivity contribution in [1.29, 1.82) is 0 Å². The Morgan fingerprint density at radius 1 is 1.07 bits per heavy atom. The molecule has 1 aliphatic rings. The molecule has 6 heteroatoms. The topological polar surface area (TPSA) is 60.5 Å². The van der Waals surface area contributed by atoms with E-state index in [1.165, 1.54) is 11.1 Å². The molecule has 0 atom stereocenters. The lowest BCUT2D eigenvalue weighted by Gasteiger charge is -2.32. The van der Waals surface area contributed by atoms with Gasteiger partial charge in [-0.3, -0.25) is 4.79 Å². The first-order valence-electron chi connectivity index (χ1n) is 10.3. The van der Waals surface area contributed by atoms with Gasteiger partial charge < -0.3 is 19.9 Å². The molecule has 0 saturated carbocycles. The Bertz CT molecular complexity index is 819. The first kappa shape index (κ1) is 23.5. The van der Waals surface area contributed by atoms with Gasteiger partial charge in [0.25, 0.3) is 5.91 Å². The first-order valence-corrected chi connectivity index (χ1v) is 10.3. The highest BCUT2D eigenvalue weighted by Gasteiger charge is 2.26. The van der Waals surface area contributed by atoms with Crippen molar-refractivity contribution in [2.24, 2.45) is 5.73 Å². The second-order valence-corrected chi connectivity index (χ2v) is 7.97. The molecule has 0 bridgehead atoms. The summed E-state index contributed by atoms with van der Waals surface area (Å²) >= 11 is 0. The summed E-state index contributed by atoms with van der Waals surface area (Å²) < 4.78 is 8.05. The van der Waals surface area contributed by atoms with Crippen LogP contribution >= 0.6 is 12.4 Å². The highest BCUT2D eigenvalue weighted by molar-refractivity contribution is 5.96. The molecule has 3 rings (SSSR count). The van der Waals surface area contributed by atoms with Crippen molar-refractivity contribution in [3.63, 3.8) is 0 Å². The molecule has 1 saturated heterocycles. The van der Waals surface area contributed by atoms with Gasteiger partial charge in [0, 0.05) is 36.8 Å². The molecule has 0 aliphatic carbocycles. The summed E-state index contributed by atoms with van der Waals surface area (Å²) in [5.41, 5.74) is 12.0. The normalized spacial score (nSPS) is 14.7. The molecule has 1 aromatic heterocycles. The van der Waals surface area contributed by atoms with Crippen molar-refractivity contribution in [2.45, 2.75) is 53.1 Å². The summed E-state index contributed by atoms with van der Waals surface area (Å²) in [6, 6.07) is 8.54. The fourth-order valence-electron chi connectivity index (χ4n) is 4.19. The number of amides is 1. The predicted molar refractivity (Wildman–Crippen MR) is 121 cm³/mol. The zero-order valence-corrected chi connectivity index (χ0v) is 18.8. The molecule has 1 amide bonds. The highest BCUT2D eigenvalue weighted by Crippen LogP contribution is 2.25. The van der Waals surface area contributed by atoms with Crippen LogP contribution in [0.3, 0.4) is 0 Å². The number of ether oxygens (including phenoxy) is 1. The zero-order chi connectivity index (χ0) is 20.3. The molecule has 0 spiro atoms. The average Bonchev–Trinajstić information content (AvgIpc) is 2.95. The molecule has 2 aromatic rings. The SMILES string of the molecule is Cc1cc(C)cc(-n2c(C)cc(C(=O)N3CCC(OCCCN)CC3)c2C)c1.Cl. The van der Waals surface area contributed by atoms with E-state index in [0.29, 0.717) is 13.2 Å². The third-order valence-corrected chi connectivity index (χ3v) is 5.56. The molecule has 1 fully saturated rings. The standard InChI is InChI=1S/C23H33N3O2.ClH/c1-16-12-17(2)14-20(13-16)26-18(3)15-22(19(26)4)23(27)25-9-6-21(7-10-25)28-11-5-8-24;/h12-15,21H,5-11,24H2,1-4H3;1H. The number of halogens is 1. The maximum atomic E-state index is 13.2. The summed E-state index contributed by atoms with van der Waals surface area (Å²) in [6.45, 7) is 11.2. The van der Waals surface area contributed by atoms with Crippen LogP contribution in [0.25, 0.3) is 5.69 Å². The lowest BCUT2D eigenvalue weighted by atomic mass is 10.1. The van der Waals surface area contributed by atoms with E-state index in [4.69, 9.17) is 10.5 Å². The Hall–Kier alpha value is -1.82. The Labute approximate surface area is 180 Å². The summed E-state index contributed by atoms with van der Waals surface area (Å²) in [6.07, 6.45) is 2.93. The number of carbonyl (C=O) groups is 1. The number of hydrogen-bond acceptors (Lipinski definition) is 3. The number of piperidine rings is 1. The van der Waals surface area contributed by atoms with Crippen LogP contribution in [0.1, 0.15) is 52.1 Å². The molecule has 5 nitrogen and oxygen atoms in total. The van der Waals surface area contributed by atoms with Gasteiger partial charge in [0.1, 0.15) is 0 Å². The van der Waals surface area contributed by atoms with Crippen molar-refractivity contribution in [3.05, 3.63) is 52.3 Å². The van der Waals surface area contributed by atoms with E-state index in [2.05, 4.69) is 43.5 Å². The van der Waals surface area contributed by atoms with Crippen molar-refractivity contribution >= 4 is 18.3 Å². The highest BCUT2D eigenvalue weighted by atomic mass is 35.5. The van der Waals surface area contributed by atoms with Gasteiger partial charge in [-0.25, -0.2) is 0 Å². The fraction of sp³-hybridized carbons (Fsp3) is 0.522. The van der Waals surface area contributed by atoms with Crippen LogP contribution in [-0.2, 0) is 4.74 Å². The summed E-state index contributed by atoms with van der Waals surface area (Å²) in [4.78, 5) is 15.1. The summed E-state index contributed by atoms with van der Waals surface area (Å²) in [7, 11) is 0. The van der Waals surface area contributed by atoms with Crippen LogP contribution in [0.15, 0.2) is 24.3 Å². The largest absolute Gasteiger partial charge is 0.378 e. The maximum absolute atomic E-state index is 13.2. The van der Waals surface area contributed by atoms with Gasteiger partial charge in [-0.2, -0.15) is 0 Å². The monoisotopic (exact) mass is 419 g/mol. The third-order valence-electron chi connectivity index (χ3n) is 5.56. The fourth-order valence-corrected chi connectivity index (χ4v) is 4.19. The van der Waals surface area contributed by atoms with Gasteiger partial charge in [0.05, 0.1) is 11.7 Å². The molecular formula is C23H34ClN3O2. The van der Waals surface area contributed by atoms with Crippen molar-refractivity contribution in [3.8, 4) is 5.69 Å². The Morgan fingerprint density at radius 2 is 1.69 bits per heavy atom. The van der Waals surface area contributed by atoms with Gasteiger partial charge in [-0.1, -0.05) is 6.07 Å². The molecule has 160 valence electrons. The van der Waals surface area contributed by atoms with Crippen molar-refractivity contribution < 1.29 is 9.53 Å². The van der Waals surface area contributed by atoms with E-state index in [9.17, 15) is 4.79 Å². The molecule has 1 aromatic carbocycles. The Balaban J connectivity index is 0.00000300. The van der Waals surface area contributed by atoms with E-state index in [0.717, 1.165) is 55.0 Å².